The second kappa shape index (κ2) is 8.06. The van der Waals surface area contributed by atoms with Crippen molar-refractivity contribution in [2.24, 2.45) is 0 Å². The van der Waals surface area contributed by atoms with Crippen LogP contribution in [0.1, 0.15) is 18.2 Å². The van der Waals surface area contributed by atoms with Crippen LogP contribution < -0.4 is 4.90 Å². The highest BCUT2D eigenvalue weighted by Crippen LogP contribution is 2.39. The molecule has 1 aromatic heterocycles. The first-order valence-electron chi connectivity index (χ1n) is 7.24. The Morgan fingerprint density at radius 1 is 1.36 bits per heavy atom. The number of aromatic nitrogens is 2. The fourth-order valence-corrected chi connectivity index (χ4v) is 3.83. The van der Waals surface area contributed by atoms with Gasteiger partial charge in [0.05, 0.1) is 10.0 Å². The molecule has 2 rings (SSSR count). The number of hydrogen-bond acceptors (Lipinski definition) is 4. The molecule has 150 valence electrons. The number of benzene rings is 1. The Balaban J connectivity index is 2.95. The molecule has 0 saturated heterocycles. The monoisotopic (exact) mass is 456 g/mol. The molecule has 0 aliphatic heterocycles. The molecule has 13 heteroatoms. The minimum atomic E-state index is -5.22. The van der Waals surface area contributed by atoms with E-state index in [1.807, 2.05) is 0 Å². The predicted octanol–water partition coefficient (Wildman–Crippen LogP) is 4.13. The summed E-state index contributed by atoms with van der Waals surface area (Å²) >= 11 is 12.2. The normalized spacial score (nSPS) is 12.5. The van der Waals surface area contributed by atoms with E-state index in [0.717, 1.165) is 31.0 Å². The van der Waals surface area contributed by atoms with Crippen molar-refractivity contribution in [3.63, 3.8) is 0 Å². The van der Waals surface area contributed by atoms with Gasteiger partial charge in [-0.3, -0.25) is 9.69 Å². The molecular formula is C15H10Cl2F4N4O2S. The van der Waals surface area contributed by atoms with Gasteiger partial charge in [-0.2, -0.15) is 23.5 Å². The first-order valence-corrected chi connectivity index (χ1v) is 9.14. The zero-order valence-corrected chi connectivity index (χ0v) is 16.5. The number of alkyl halides is 4. The van der Waals surface area contributed by atoms with Crippen LogP contribution in [0.15, 0.2) is 17.0 Å². The Bertz CT molecular complexity index is 994. The molecule has 0 saturated carbocycles. The molecule has 0 fully saturated rings. The maximum Gasteiger partial charge on any atom is 0.476 e. The zero-order valence-electron chi connectivity index (χ0n) is 14.1. The van der Waals surface area contributed by atoms with Gasteiger partial charge in [-0.15, -0.1) is 0 Å². The largest absolute Gasteiger partial charge is 0.476 e. The molecule has 1 heterocycles. The van der Waals surface area contributed by atoms with Crippen LogP contribution >= 0.6 is 23.2 Å². The van der Waals surface area contributed by atoms with Gasteiger partial charge in [0.2, 0.25) is 5.91 Å². The molecule has 0 N–H and O–H groups in total. The summed E-state index contributed by atoms with van der Waals surface area (Å²) in [5.74, 6) is -1.34. The summed E-state index contributed by atoms with van der Waals surface area (Å²) in [7, 11) is -2.58. The van der Waals surface area contributed by atoms with Crippen molar-refractivity contribution >= 4 is 45.7 Å². The van der Waals surface area contributed by atoms with Gasteiger partial charge in [-0.1, -0.05) is 23.2 Å². The molecule has 0 aliphatic carbocycles. The van der Waals surface area contributed by atoms with Gasteiger partial charge < -0.3 is 0 Å². The second-order valence-corrected chi connectivity index (χ2v) is 7.58. The fraction of sp³-hybridized carbons (Fsp3) is 0.267. The van der Waals surface area contributed by atoms with Crippen molar-refractivity contribution < 1.29 is 26.6 Å². The summed E-state index contributed by atoms with van der Waals surface area (Å²) < 4.78 is 65.0. The van der Waals surface area contributed by atoms with E-state index in [4.69, 9.17) is 23.2 Å². The molecular weight excluding hydrogens is 447 g/mol. The molecule has 1 atom stereocenters. The molecule has 0 radical (unpaired) electrons. The maximum absolute atomic E-state index is 13.1. The van der Waals surface area contributed by atoms with Gasteiger partial charge in [0.1, 0.15) is 23.3 Å². The number of halogens is 6. The first-order chi connectivity index (χ1) is 12.9. The van der Waals surface area contributed by atoms with Crippen LogP contribution in [-0.2, 0) is 22.3 Å². The van der Waals surface area contributed by atoms with E-state index in [-0.39, 0.29) is 21.3 Å². The van der Waals surface area contributed by atoms with Gasteiger partial charge in [0, 0.05) is 14.0 Å². The van der Waals surface area contributed by atoms with E-state index < -0.39 is 45.3 Å². The fourth-order valence-electron chi connectivity index (χ4n) is 2.25. The number of nitrogens with zero attached hydrogens (tertiary/aromatic N) is 4. The van der Waals surface area contributed by atoms with Crippen molar-refractivity contribution in [3.05, 3.63) is 33.4 Å². The number of hydrogen-bond donors (Lipinski definition) is 0. The quantitative estimate of drug-likeness (QED) is 0.647. The average Bonchev–Trinajstić information content (AvgIpc) is 2.97. The van der Waals surface area contributed by atoms with E-state index >= 15 is 0 Å². The molecule has 0 spiro atoms. The summed E-state index contributed by atoms with van der Waals surface area (Å²) in [6.45, 7) is 0.130. The highest BCUT2D eigenvalue weighted by molar-refractivity contribution is 7.86. The Kier molecular flexibility index (Phi) is 6.37. The zero-order chi connectivity index (χ0) is 21.4. The Morgan fingerprint density at radius 2 is 1.89 bits per heavy atom. The smallest absolute Gasteiger partial charge is 0.299 e. The lowest BCUT2D eigenvalue weighted by Gasteiger charge is -2.20. The topological polar surface area (TPSA) is 79.0 Å². The molecule has 0 aliphatic rings. The third-order valence-electron chi connectivity index (χ3n) is 3.55. The lowest BCUT2D eigenvalue weighted by atomic mass is 10.2. The Hall–Kier alpha value is -2.16. The minimum Gasteiger partial charge on any atom is -0.299 e. The number of nitriles is 1. The first kappa shape index (κ1) is 22.1. The summed E-state index contributed by atoms with van der Waals surface area (Å²) in [6, 6.07) is 3.75. The minimum absolute atomic E-state index is 0.0898. The van der Waals surface area contributed by atoms with E-state index in [0.29, 0.717) is 4.68 Å². The average molecular weight is 457 g/mol. The summed E-state index contributed by atoms with van der Waals surface area (Å²) in [5.41, 5.74) is -6.17. The molecule has 28 heavy (non-hydrogen) atoms. The van der Waals surface area contributed by atoms with Crippen LogP contribution in [0.3, 0.4) is 0 Å². The number of anilines is 1. The van der Waals surface area contributed by atoms with Crippen LogP contribution in [0.5, 0.6) is 0 Å². The van der Waals surface area contributed by atoms with Crippen molar-refractivity contribution in [2.45, 2.75) is 24.0 Å². The van der Waals surface area contributed by atoms with Gasteiger partial charge >= 0.3 is 5.51 Å². The van der Waals surface area contributed by atoms with Crippen LogP contribution in [0.4, 0.5) is 23.4 Å². The van der Waals surface area contributed by atoms with E-state index in [1.54, 1.807) is 0 Å². The van der Waals surface area contributed by atoms with Crippen LogP contribution in [0.2, 0.25) is 10.0 Å². The molecule has 1 amide bonds. The van der Waals surface area contributed by atoms with Crippen LogP contribution in [0.25, 0.3) is 5.69 Å². The van der Waals surface area contributed by atoms with Gasteiger partial charge in [-0.25, -0.2) is 13.3 Å². The van der Waals surface area contributed by atoms with Crippen LogP contribution in [0, 0.1) is 11.3 Å². The summed E-state index contributed by atoms with van der Waals surface area (Å²) in [6.07, 6.45) is 0. The number of carbonyl (C=O) groups excluding carboxylic acids is 1. The predicted molar refractivity (Wildman–Crippen MR) is 94.7 cm³/mol. The van der Waals surface area contributed by atoms with E-state index in [2.05, 4.69) is 5.10 Å². The Morgan fingerprint density at radius 3 is 2.29 bits per heavy atom. The van der Waals surface area contributed by atoms with Crippen molar-refractivity contribution in [1.82, 2.24) is 9.78 Å². The number of carbonyl (C=O) groups is 1. The molecule has 2 aromatic rings. The summed E-state index contributed by atoms with van der Waals surface area (Å²) in [4.78, 5) is 11.5. The lowest BCUT2D eigenvalue weighted by molar-refractivity contribution is -0.116. The molecule has 6 nitrogen and oxygen atoms in total. The Labute approximate surface area is 168 Å². The molecule has 0 bridgehead atoms. The highest BCUT2D eigenvalue weighted by Gasteiger charge is 2.44. The molecule has 1 unspecified atom stereocenters. The van der Waals surface area contributed by atoms with E-state index in [9.17, 15) is 31.8 Å². The number of rotatable bonds is 4. The van der Waals surface area contributed by atoms with Crippen LogP contribution in [-0.4, -0.2) is 32.5 Å². The second-order valence-electron chi connectivity index (χ2n) is 5.36. The summed E-state index contributed by atoms with van der Waals surface area (Å²) in [5, 5.41) is 12.5. The third-order valence-corrected chi connectivity index (χ3v) is 5.30. The van der Waals surface area contributed by atoms with Gasteiger partial charge in [0.15, 0.2) is 22.3 Å². The number of amides is 1. The lowest BCUT2D eigenvalue weighted by Crippen LogP contribution is -2.28. The molecule has 1 aromatic carbocycles. The highest BCUT2D eigenvalue weighted by atomic mass is 35.5. The van der Waals surface area contributed by atoms with Crippen molar-refractivity contribution in [3.8, 4) is 11.8 Å². The SMILES string of the molecule is CC(=O)N(C)c1c(S(=O)C(F)(F)F)c(C#N)nn1-c1c(Cl)cc(CF)cc1Cl. The van der Waals surface area contributed by atoms with E-state index in [1.165, 1.54) is 6.07 Å². The van der Waals surface area contributed by atoms with Crippen molar-refractivity contribution in [2.75, 3.05) is 11.9 Å². The van der Waals surface area contributed by atoms with Crippen molar-refractivity contribution in [1.29, 1.82) is 5.26 Å². The maximum atomic E-state index is 13.1. The van der Waals surface area contributed by atoms with Gasteiger partial charge in [0.25, 0.3) is 0 Å². The third kappa shape index (κ3) is 3.99. The van der Waals surface area contributed by atoms with Gasteiger partial charge in [-0.05, 0) is 17.7 Å². The standard InChI is InChI=1S/C15H10Cl2F4N4O2S/c1-7(26)24(2)14-13(28(27)15(19,20)21)11(6-22)23-25(14)12-9(16)3-8(5-18)4-10(12)17/h3-4H,5H2,1-2H3.